The molecule has 0 radical (unpaired) electrons. The molecule has 1 aliphatic carbocycles. The summed E-state index contributed by atoms with van der Waals surface area (Å²) in [6.07, 6.45) is 1.70. The van der Waals surface area contributed by atoms with Crippen LogP contribution in [-0.4, -0.2) is 17.0 Å². The molecule has 0 aromatic heterocycles. The lowest BCUT2D eigenvalue weighted by Gasteiger charge is -2.16. The number of halogens is 3. The van der Waals surface area contributed by atoms with Crippen molar-refractivity contribution in [2.75, 3.05) is 5.32 Å². The van der Waals surface area contributed by atoms with E-state index in [0.717, 1.165) is 0 Å². The molecule has 7 heteroatoms. The van der Waals surface area contributed by atoms with Crippen molar-refractivity contribution in [2.24, 2.45) is 11.8 Å². The van der Waals surface area contributed by atoms with Gasteiger partial charge in [-0.15, -0.1) is 0 Å². The number of hydrogen-bond acceptors (Lipinski definition) is 2. The molecule has 0 heterocycles. The summed E-state index contributed by atoms with van der Waals surface area (Å²) >= 11 is 11.3. The minimum Gasteiger partial charge on any atom is -0.481 e. The van der Waals surface area contributed by atoms with E-state index in [-0.39, 0.29) is 15.7 Å². The van der Waals surface area contributed by atoms with Gasteiger partial charge >= 0.3 is 5.97 Å². The number of rotatable bonds is 3. The van der Waals surface area contributed by atoms with E-state index in [1.54, 1.807) is 0 Å². The molecular formula is C13H12Cl2FNO3. The van der Waals surface area contributed by atoms with Gasteiger partial charge < -0.3 is 10.4 Å². The van der Waals surface area contributed by atoms with Crippen LogP contribution in [0, 0.1) is 17.7 Å². The van der Waals surface area contributed by atoms with Gasteiger partial charge in [-0.2, -0.15) is 0 Å². The van der Waals surface area contributed by atoms with Gasteiger partial charge in [0.25, 0.3) is 0 Å². The monoisotopic (exact) mass is 319 g/mol. The molecule has 2 rings (SSSR count). The summed E-state index contributed by atoms with van der Waals surface area (Å²) in [6, 6.07) is 2.48. The van der Waals surface area contributed by atoms with Crippen molar-refractivity contribution in [3.63, 3.8) is 0 Å². The van der Waals surface area contributed by atoms with Crippen molar-refractivity contribution in [1.82, 2.24) is 0 Å². The van der Waals surface area contributed by atoms with Crippen LogP contribution in [0.25, 0.3) is 0 Å². The second-order valence-electron chi connectivity index (χ2n) is 4.73. The predicted octanol–water partition coefficient (Wildman–Crippen LogP) is 3.57. The van der Waals surface area contributed by atoms with Crippen LogP contribution in [0.5, 0.6) is 0 Å². The molecule has 4 nitrogen and oxygen atoms in total. The van der Waals surface area contributed by atoms with Crippen molar-refractivity contribution in [1.29, 1.82) is 0 Å². The normalized spacial score (nSPS) is 21.8. The van der Waals surface area contributed by atoms with Crippen LogP contribution in [0.2, 0.25) is 10.0 Å². The van der Waals surface area contributed by atoms with Crippen LogP contribution in [-0.2, 0) is 9.59 Å². The molecule has 20 heavy (non-hydrogen) atoms. The Bertz CT molecular complexity index is 542. The summed E-state index contributed by atoms with van der Waals surface area (Å²) in [6.45, 7) is 0. The SMILES string of the molecule is O=C(O)C1CCCC1C(=O)Nc1cc(Cl)c(F)c(Cl)c1. The van der Waals surface area contributed by atoms with Crippen molar-refractivity contribution in [3.05, 3.63) is 28.0 Å². The van der Waals surface area contributed by atoms with E-state index in [4.69, 9.17) is 28.3 Å². The standard InChI is InChI=1S/C13H12Cl2FNO3/c14-9-4-6(5-10(15)11(9)16)17-12(18)7-2-1-3-8(7)13(19)20/h4-5,7-8H,1-3H2,(H,17,18)(H,19,20). The van der Waals surface area contributed by atoms with Gasteiger partial charge in [0, 0.05) is 5.69 Å². The maximum absolute atomic E-state index is 13.3. The van der Waals surface area contributed by atoms with Gasteiger partial charge in [-0.05, 0) is 25.0 Å². The number of aliphatic carboxylic acids is 1. The highest BCUT2D eigenvalue weighted by atomic mass is 35.5. The number of anilines is 1. The molecule has 1 saturated carbocycles. The number of carbonyl (C=O) groups excluding carboxylic acids is 1. The molecule has 1 aliphatic rings. The Labute approximate surface area is 124 Å². The highest BCUT2D eigenvalue weighted by Crippen LogP contribution is 2.34. The zero-order chi connectivity index (χ0) is 14.9. The smallest absolute Gasteiger partial charge is 0.307 e. The average molecular weight is 320 g/mol. The summed E-state index contributed by atoms with van der Waals surface area (Å²) in [4.78, 5) is 23.1. The highest BCUT2D eigenvalue weighted by Gasteiger charge is 2.37. The number of carboxylic acid groups (broad SMARTS) is 1. The first kappa shape index (κ1) is 15.1. The van der Waals surface area contributed by atoms with Crippen molar-refractivity contribution in [2.45, 2.75) is 19.3 Å². The van der Waals surface area contributed by atoms with Crippen molar-refractivity contribution < 1.29 is 19.1 Å². The first-order chi connectivity index (χ1) is 9.40. The molecule has 0 spiro atoms. The van der Waals surface area contributed by atoms with Gasteiger partial charge in [0.2, 0.25) is 5.91 Å². The lowest BCUT2D eigenvalue weighted by atomic mass is 9.95. The Hall–Kier alpha value is -1.33. The second kappa shape index (κ2) is 5.97. The molecule has 1 amide bonds. The van der Waals surface area contributed by atoms with Crippen LogP contribution in [0.4, 0.5) is 10.1 Å². The van der Waals surface area contributed by atoms with Crippen LogP contribution in [0.3, 0.4) is 0 Å². The third-order valence-corrected chi connectivity index (χ3v) is 3.97. The number of carboxylic acids is 1. The third kappa shape index (κ3) is 3.04. The van der Waals surface area contributed by atoms with Crippen LogP contribution >= 0.6 is 23.2 Å². The minimum atomic E-state index is -0.974. The van der Waals surface area contributed by atoms with Gasteiger partial charge in [0.1, 0.15) is 0 Å². The predicted molar refractivity (Wildman–Crippen MR) is 73.5 cm³/mol. The minimum absolute atomic E-state index is 0.200. The number of hydrogen-bond donors (Lipinski definition) is 2. The third-order valence-electron chi connectivity index (χ3n) is 3.42. The summed E-state index contributed by atoms with van der Waals surface area (Å²) in [5, 5.41) is 11.2. The van der Waals surface area contributed by atoms with Crippen LogP contribution in [0.15, 0.2) is 12.1 Å². The number of nitrogens with one attached hydrogen (secondary N) is 1. The molecule has 108 valence electrons. The molecule has 2 N–H and O–H groups in total. The zero-order valence-corrected chi connectivity index (χ0v) is 11.8. The van der Waals surface area contributed by atoms with E-state index in [2.05, 4.69) is 5.32 Å². The quantitative estimate of drug-likeness (QED) is 0.837. The van der Waals surface area contributed by atoms with Gasteiger partial charge in [-0.3, -0.25) is 9.59 Å². The van der Waals surface area contributed by atoms with Crippen molar-refractivity contribution in [3.8, 4) is 0 Å². The lowest BCUT2D eigenvalue weighted by molar-refractivity contribution is -0.145. The number of carbonyl (C=O) groups is 2. The molecule has 1 aromatic rings. The largest absolute Gasteiger partial charge is 0.481 e. The highest BCUT2D eigenvalue weighted by molar-refractivity contribution is 6.35. The Morgan fingerprint density at radius 3 is 2.30 bits per heavy atom. The summed E-state index contributed by atoms with van der Waals surface area (Å²) in [7, 11) is 0. The summed E-state index contributed by atoms with van der Waals surface area (Å²) < 4.78 is 13.3. The number of benzene rings is 1. The Morgan fingerprint density at radius 2 is 1.75 bits per heavy atom. The average Bonchev–Trinajstić information content (AvgIpc) is 2.85. The molecule has 1 aromatic carbocycles. The molecule has 1 fully saturated rings. The zero-order valence-electron chi connectivity index (χ0n) is 10.3. The van der Waals surface area contributed by atoms with Gasteiger partial charge in [-0.25, -0.2) is 4.39 Å². The fourth-order valence-corrected chi connectivity index (χ4v) is 2.92. The van der Waals surface area contributed by atoms with Crippen LogP contribution in [0.1, 0.15) is 19.3 Å². The fourth-order valence-electron chi connectivity index (χ4n) is 2.43. The van der Waals surface area contributed by atoms with E-state index < -0.39 is 29.5 Å². The van der Waals surface area contributed by atoms with E-state index in [0.29, 0.717) is 19.3 Å². The fraction of sp³-hybridized carbons (Fsp3) is 0.385. The Kier molecular flexibility index (Phi) is 4.50. The molecule has 0 aliphatic heterocycles. The molecule has 2 atom stereocenters. The van der Waals surface area contributed by atoms with E-state index in [9.17, 15) is 14.0 Å². The topological polar surface area (TPSA) is 66.4 Å². The first-order valence-corrected chi connectivity index (χ1v) is 6.84. The van der Waals surface area contributed by atoms with Crippen molar-refractivity contribution >= 4 is 40.8 Å². The van der Waals surface area contributed by atoms with E-state index >= 15 is 0 Å². The lowest BCUT2D eigenvalue weighted by Crippen LogP contribution is -2.30. The van der Waals surface area contributed by atoms with Gasteiger partial charge in [0.05, 0.1) is 21.9 Å². The molecular weight excluding hydrogens is 308 g/mol. The molecule has 2 unspecified atom stereocenters. The van der Waals surface area contributed by atoms with Crippen LogP contribution < -0.4 is 5.32 Å². The maximum atomic E-state index is 13.3. The first-order valence-electron chi connectivity index (χ1n) is 6.08. The molecule has 0 saturated heterocycles. The second-order valence-corrected chi connectivity index (χ2v) is 5.54. The van der Waals surface area contributed by atoms with Gasteiger partial charge in [0.15, 0.2) is 5.82 Å². The summed E-state index contributed by atoms with van der Waals surface area (Å²) in [5.74, 6) is -3.40. The molecule has 0 bridgehead atoms. The Balaban J connectivity index is 2.14. The van der Waals surface area contributed by atoms with E-state index in [1.165, 1.54) is 12.1 Å². The van der Waals surface area contributed by atoms with E-state index in [1.807, 2.05) is 0 Å². The Morgan fingerprint density at radius 1 is 1.20 bits per heavy atom. The maximum Gasteiger partial charge on any atom is 0.307 e. The summed E-state index contributed by atoms with van der Waals surface area (Å²) in [5.41, 5.74) is 0.252. The van der Waals surface area contributed by atoms with Gasteiger partial charge in [-0.1, -0.05) is 29.6 Å². The number of amides is 1.